The van der Waals surface area contributed by atoms with Crippen molar-refractivity contribution in [1.29, 1.82) is 0 Å². The summed E-state index contributed by atoms with van der Waals surface area (Å²) >= 11 is 1.31. The Bertz CT molecular complexity index is 777. The van der Waals surface area contributed by atoms with E-state index in [1.807, 2.05) is 43.3 Å². The first-order valence-electron chi connectivity index (χ1n) is 7.65. The summed E-state index contributed by atoms with van der Waals surface area (Å²) < 4.78 is 5.23. The molecule has 1 aliphatic rings. The van der Waals surface area contributed by atoms with Gasteiger partial charge in [-0.2, -0.15) is 0 Å². The van der Waals surface area contributed by atoms with Gasteiger partial charge in [-0.25, -0.2) is 4.98 Å². The van der Waals surface area contributed by atoms with Gasteiger partial charge in [0.05, 0.1) is 12.2 Å². The average Bonchev–Trinajstić information content (AvgIpc) is 2.93. The van der Waals surface area contributed by atoms with Crippen LogP contribution in [-0.2, 0) is 22.6 Å². The zero-order valence-corrected chi connectivity index (χ0v) is 14.4. The Morgan fingerprint density at radius 2 is 2.08 bits per heavy atom. The number of hydrogen-bond donors (Lipinski definition) is 0. The Morgan fingerprint density at radius 3 is 2.83 bits per heavy atom. The van der Waals surface area contributed by atoms with Crippen LogP contribution in [0.3, 0.4) is 0 Å². The molecule has 0 unspecified atom stereocenters. The molecule has 0 saturated carbocycles. The summed E-state index contributed by atoms with van der Waals surface area (Å²) in [5, 5.41) is 0.609. The number of hydrogen-bond acceptors (Lipinski definition) is 5. The molecule has 0 N–H and O–H groups in total. The third-order valence-corrected chi connectivity index (χ3v) is 4.66. The van der Waals surface area contributed by atoms with Crippen LogP contribution < -0.4 is 4.74 Å². The van der Waals surface area contributed by atoms with Crippen LogP contribution in [0.4, 0.5) is 0 Å². The first kappa shape index (κ1) is 16.5. The average molecular weight is 342 g/mol. The Kier molecular flexibility index (Phi) is 4.85. The number of amides is 1. The zero-order valence-electron chi connectivity index (χ0n) is 13.6. The fourth-order valence-electron chi connectivity index (χ4n) is 2.53. The summed E-state index contributed by atoms with van der Waals surface area (Å²) in [5.41, 5.74) is 2.75. The molecule has 2 aromatic rings. The number of benzene rings is 1. The molecule has 3 rings (SSSR count). The molecular weight excluding hydrogens is 324 g/mol. The summed E-state index contributed by atoms with van der Waals surface area (Å²) in [6, 6.07) is 11.7. The predicted octanol–water partition coefficient (Wildman–Crippen LogP) is 2.60. The minimum Gasteiger partial charge on any atom is -0.423 e. The lowest BCUT2D eigenvalue weighted by Gasteiger charge is -2.17. The zero-order chi connectivity index (χ0) is 17.1. The highest BCUT2D eigenvalue weighted by atomic mass is 32.2. The second-order valence-corrected chi connectivity index (χ2v) is 6.70. The third kappa shape index (κ3) is 3.76. The number of thioether (sulfide) groups is 1. The standard InChI is InChI=1S/C18H18N2O3S/c1-12-8-14-9-16(22)23-17(14)18(19-12)24-11-15(21)20(2)10-13-6-4-3-5-7-13/h3-8H,9-11H2,1-2H3. The van der Waals surface area contributed by atoms with Gasteiger partial charge in [0.2, 0.25) is 5.91 Å². The van der Waals surface area contributed by atoms with E-state index in [9.17, 15) is 9.59 Å². The van der Waals surface area contributed by atoms with Gasteiger partial charge in [0.25, 0.3) is 0 Å². The number of carbonyl (C=O) groups excluding carboxylic acids is 2. The molecule has 0 aliphatic carbocycles. The van der Waals surface area contributed by atoms with E-state index >= 15 is 0 Å². The number of aryl methyl sites for hydroxylation is 1. The molecule has 0 fully saturated rings. The highest BCUT2D eigenvalue weighted by molar-refractivity contribution is 8.00. The summed E-state index contributed by atoms with van der Waals surface area (Å²) in [4.78, 5) is 29.9. The van der Waals surface area contributed by atoms with Crippen LogP contribution >= 0.6 is 11.8 Å². The molecule has 0 radical (unpaired) electrons. The number of ether oxygens (including phenoxy) is 1. The maximum absolute atomic E-state index is 12.3. The molecule has 1 aromatic carbocycles. The number of rotatable bonds is 5. The van der Waals surface area contributed by atoms with Crippen molar-refractivity contribution in [2.75, 3.05) is 12.8 Å². The number of esters is 1. The van der Waals surface area contributed by atoms with Gasteiger partial charge in [-0.1, -0.05) is 42.1 Å². The second kappa shape index (κ2) is 7.05. The van der Waals surface area contributed by atoms with Crippen molar-refractivity contribution in [1.82, 2.24) is 9.88 Å². The van der Waals surface area contributed by atoms with Crippen LogP contribution in [0.25, 0.3) is 0 Å². The smallest absolute Gasteiger partial charge is 0.315 e. The quantitative estimate of drug-likeness (QED) is 0.617. The molecule has 124 valence electrons. The summed E-state index contributed by atoms with van der Waals surface area (Å²) in [6.45, 7) is 2.44. The summed E-state index contributed by atoms with van der Waals surface area (Å²) in [5.74, 6) is 0.496. The van der Waals surface area contributed by atoms with Gasteiger partial charge in [-0.3, -0.25) is 9.59 Å². The van der Waals surface area contributed by atoms with Crippen molar-refractivity contribution in [3.05, 3.63) is 53.2 Å². The van der Waals surface area contributed by atoms with Crippen molar-refractivity contribution in [2.45, 2.75) is 24.9 Å². The van der Waals surface area contributed by atoms with E-state index in [1.54, 1.807) is 11.9 Å². The third-order valence-electron chi connectivity index (χ3n) is 3.72. The van der Waals surface area contributed by atoms with Crippen LogP contribution in [0.2, 0.25) is 0 Å². The number of pyridine rings is 1. The normalized spacial score (nSPS) is 12.7. The van der Waals surface area contributed by atoms with Crippen molar-refractivity contribution in [3.63, 3.8) is 0 Å². The van der Waals surface area contributed by atoms with Crippen LogP contribution in [0.15, 0.2) is 41.4 Å². The number of aromatic nitrogens is 1. The summed E-state index contributed by atoms with van der Waals surface area (Å²) in [7, 11) is 1.78. The highest BCUT2D eigenvalue weighted by Gasteiger charge is 2.25. The first-order chi connectivity index (χ1) is 11.5. The molecule has 6 heteroatoms. The van der Waals surface area contributed by atoms with E-state index in [4.69, 9.17) is 4.74 Å². The fraction of sp³-hybridized carbons (Fsp3) is 0.278. The van der Waals surface area contributed by atoms with Crippen LogP contribution in [0, 0.1) is 6.92 Å². The van der Waals surface area contributed by atoms with Crippen LogP contribution in [-0.4, -0.2) is 34.6 Å². The summed E-state index contributed by atoms with van der Waals surface area (Å²) in [6.07, 6.45) is 0.272. The Hall–Kier alpha value is -2.34. The predicted molar refractivity (Wildman–Crippen MR) is 92.0 cm³/mol. The molecule has 0 atom stereocenters. The number of carbonyl (C=O) groups is 2. The molecular formula is C18H18N2O3S. The van der Waals surface area contributed by atoms with E-state index in [0.717, 1.165) is 16.8 Å². The van der Waals surface area contributed by atoms with Gasteiger partial charge in [-0.15, -0.1) is 0 Å². The van der Waals surface area contributed by atoms with E-state index in [1.165, 1.54) is 11.8 Å². The van der Waals surface area contributed by atoms with Gasteiger partial charge in [0.15, 0.2) is 5.75 Å². The number of nitrogens with zero attached hydrogens (tertiary/aromatic N) is 2. The van der Waals surface area contributed by atoms with E-state index in [-0.39, 0.29) is 24.1 Å². The van der Waals surface area contributed by atoms with Gasteiger partial charge in [0.1, 0.15) is 5.03 Å². The molecule has 0 saturated heterocycles. The van der Waals surface area contributed by atoms with E-state index < -0.39 is 0 Å². The van der Waals surface area contributed by atoms with Gasteiger partial charge >= 0.3 is 5.97 Å². The lowest BCUT2D eigenvalue weighted by molar-refractivity contribution is -0.132. The topological polar surface area (TPSA) is 59.5 Å². The fourth-order valence-corrected chi connectivity index (χ4v) is 3.52. The Labute approximate surface area is 145 Å². The van der Waals surface area contributed by atoms with Crippen LogP contribution in [0.5, 0.6) is 5.75 Å². The van der Waals surface area contributed by atoms with Crippen molar-refractivity contribution in [3.8, 4) is 5.75 Å². The van der Waals surface area contributed by atoms with Crippen LogP contribution in [0.1, 0.15) is 16.8 Å². The molecule has 2 heterocycles. The monoisotopic (exact) mass is 342 g/mol. The minimum atomic E-state index is -0.272. The SMILES string of the molecule is Cc1cc2c(c(SCC(=O)N(C)Cc3ccccc3)n1)OC(=O)C2. The first-order valence-corrected chi connectivity index (χ1v) is 8.63. The largest absolute Gasteiger partial charge is 0.423 e. The highest BCUT2D eigenvalue weighted by Crippen LogP contribution is 2.35. The molecule has 5 nitrogen and oxygen atoms in total. The molecule has 1 aliphatic heterocycles. The maximum atomic E-state index is 12.3. The van der Waals surface area contributed by atoms with Gasteiger partial charge < -0.3 is 9.64 Å². The van der Waals surface area contributed by atoms with E-state index in [2.05, 4.69) is 4.98 Å². The van der Waals surface area contributed by atoms with Crippen molar-refractivity contribution >= 4 is 23.6 Å². The van der Waals surface area contributed by atoms with Gasteiger partial charge in [0, 0.05) is 24.8 Å². The molecule has 0 spiro atoms. The lowest BCUT2D eigenvalue weighted by atomic mass is 10.2. The van der Waals surface area contributed by atoms with Crippen molar-refractivity contribution < 1.29 is 14.3 Å². The molecule has 1 amide bonds. The second-order valence-electron chi connectivity index (χ2n) is 5.73. The molecule has 0 bridgehead atoms. The molecule has 24 heavy (non-hydrogen) atoms. The maximum Gasteiger partial charge on any atom is 0.315 e. The van der Waals surface area contributed by atoms with Crippen molar-refractivity contribution in [2.24, 2.45) is 0 Å². The van der Waals surface area contributed by atoms with Gasteiger partial charge in [-0.05, 0) is 18.6 Å². The molecule has 1 aromatic heterocycles. The Morgan fingerprint density at radius 1 is 1.33 bits per heavy atom. The van der Waals surface area contributed by atoms with E-state index in [0.29, 0.717) is 17.3 Å². The number of fused-ring (bicyclic) bond motifs is 1. The Balaban J connectivity index is 1.64. The lowest BCUT2D eigenvalue weighted by Crippen LogP contribution is -2.27. The minimum absolute atomic E-state index is 0.00485.